The molecule has 2 unspecified atom stereocenters. The second kappa shape index (κ2) is 5.99. The van der Waals surface area contributed by atoms with E-state index in [-0.39, 0.29) is 0 Å². The van der Waals surface area contributed by atoms with Crippen molar-refractivity contribution in [2.24, 2.45) is 0 Å². The predicted octanol–water partition coefficient (Wildman–Crippen LogP) is 1.63. The summed E-state index contributed by atoms with van der Waals surface area (Å²) in [5.74, 6) is 0. The first-order chi connectivity index (χ1) is 7.75. The summed E-state index contributed by atoms with van der Waals surface area (Å²) in [6, 6.07) is 1.44. The van der Waals surface area contributed by atoms with Crippen molar-refractivity contribution in [2.45, 2.75) is 57.7 Å². The molecule has 2 rings (SSSR count). The third-order valence-corrected chi connectivity index (χ3v) is 3.95. The molecule has 0 radical (unpaired) electrons. The Kier molecular flexibility index (Phi) is 4.62. The van der Waals surface area contributed by atoms with Crippen LogP contribution in [0.2, 0.25) is 0 Å². The molecule has 1 heterocycles. The third kappa shape index (κ3) is 3.44. The minimum Gasteiger partial charge on any atom is -0.376 e. The van der Waals surface area contributed by atoms with Crippen molar-refractivity contribution in [3.63, 3.8) is 0 Å². The van der Waals surface area contributed by atoms with Gasteiger partial charge in [-0.2, -0.15) is 0 Å². The van der Waals surface area contributed by atoms with Gasteiger partial charge < -0.3 is 10.1 Å². The molecule has 2 aliphatic rings. The maximum Gasteiger partial charge on any atom is 0.0674 e. The number of morpholine rings is 1. The number of ether oxygens (including phenoxy) is 1. The Morgan fingerprint density at radius 2 is 2.12 bits per heavy atom. The molecule has 94 valence electrons. The van der Waals surface area contributed by atoms with E-state index in [4.69, 9.17) is 4.74 Å². The molecule has 3 heteroatoms. The molecule has 16 heavy (non-hydrogen) atoms. The highest BCUT2D eigenvalue weighted by atomic mass is 16.5. The number of rotatable bonds is 4. The third-order valence-electron chi connectivity index (χ3n) is 3.95. The molecule has 0 bridgehead atoms. The highest BCUT2D eigenvalue weighted by molar-refractivity contribution is 4.79. The van der Waals surface area contributed by atoms with Gasteiger partial charge in [0, 0.05) is 31.7 Å². The quantitative estimate of drug-likeness (QED) is 0.788. The summed E-state index contributed by atoms with van der Waals surface area (Å²) in [5, 5.41) is 3.71. The summed E-state index contributed by atoms with van der Waals surface area (Å²) in [4.78, 5) is 2.55. The van der Waals surface area contributed by atoms with Crippen LogP contribution in [-0.2, 0) is 4.74 Å². The largest absolute Gasteiger partial charge is 0.376 e. The summed E-state index contributed by atoms with van der Waals surface area (Å²) in [6.45, 7) is 8.72. The number of nitrogens with zero attached hydrogens (tertiary/aromatic N) is 1. The van der Waals surface area contributed by atoms with Crippen molar-refractivity contribution in [3.8, 4) is 0 Å². The monoisotopic (exact) mass is 226 g/mol. The van der Waals surface area contributed by atoms with Gasteiger partial charge in [0.25, 0.3) is 0 Å². The van der Waals surface area contributed by atoms with E-state index >= 15 is 0 Å². The molecule has 1 aliphatic carbocycles. The number of nitrogens with one attached hydrogen (secondary N) is 1. The van der Waals surface area contributed by atoms with Crippen molar-refractivity contribution < 1.29 is 4.74 Å². The van der Waals surface area contributed by atoms with Crippen LogP contribution in [0.5, 0.6) is 0 Å². The maximum absolute atomic E-state index is 5.57. The van der Waals surface area contributed by atoms with Crippen LogP contribution in [-0.4, -0.2) is 49.3 Å². The van der Waals surface area contributed by atoms with E-state index in [1.807, 2.05) is 0 Å². The molecule has 1 saturated heterocycles. The smallest absolute Gasteiger partial charge is 0.0674 e. The van der Waals surface area contributed by atoms with Crippen LogP contribution in [0, 0.1) is 0 Å². The van der Waals surface area contributed by atoms with E-state index in [1.54, 1.807) is 0 Å². The van der Waals surface area contributed by atoms with Gasteiger partial charge in [-0.05, 0) is 26.7 Å². The van der Waals surface area contributed by atoms with Crippen LogP contribution >= 0.6 is 0 Å². The molecule has 0 aromatic heterocycles. The van der Waals surface area contributed by atoms with Gasteiger partial charge in [0.2, 0.25) is 0 Å². The van der Waals surface area contributed by atoms with Crippen LogP contribution in [0.1, 0.15) is 39.5 Å². The Morgan fingerprint density at radius 1 is 1.38 bits per heavy atom. The average Bonchev–Trinajstić information content (AvgIpc) is 2.78. The molecule has 1 N–H and O–H groups in total. The SMILES string of the molecule is CC1CN(C(C)CNC2CCCC2)CCO1. The summed E-state index contributed by atoms with van der Waals surface area (Å²) in [5.41, 5.74) is 0. The zero-order chi connectivity index (χ0) is 11.4. The lowest BCUT2D eigenvalue weighted by Crippen LogP contribution is -2.50. The van der Waals surface area contributed by atoms with Crippen LogP contribution in [0.15, 0.2) is 0 Å². The summed E-state index contributed by atoms with van der Waals surface area (Å²) in [7, 11) is 0. The minimum atomic E-state index is 0.405. The zero-order valence-corrected chi connectivity index (χ0v) is 10.7. The fraction of sp³-hybridized carbons (Fsp3) is 1.00. The van der Waals surface area contributed by atoms with Crippen LogP contribution in [0.3, 0.4) is 0 Å². The van der Waals surface area contributed by atoms with E-state index in [9.17, 15) is 0 Å². The fourth-order valence-electron chi connectivity index (χ4n) is 2.84. The van der Waals surface area contributed by atoms with Gasteiger partial charge in [-0.3, -0.25) is 4.90 Å². The van der Waals surface area contributed by atoms with E-state index in [0.717, 1.165) is 32.3 Å². The highest BCUT2D eigenvalue weighted by Crippen LogP contribution is 2.17. The van der Waals surface area contributed by atoms with Crippen LogP contribution in [0.4, 0.5) is 0 Å². The summed E-state index contributed by atoms with van der Waals surface area (Å²) >= 11 is 0. The second-order valence-electron chi connectivity index (χ2n) is 5.41. The van der Waals surface area contributed by atoms with E-state index < -0.39 is 0 Å². The van der Waals surface area contributed by atoms with Crippen molar-refractivity contribution in [1.82, 2.24) is 10.2 Å². The number of hydrogen-bond acceptors (Lipinski definition) is 3. The molecule has 1 aliphatic heterocycles. The first kappa shape index (κ1) is 12.3. The molecular weight excluding hydrogens is 200 g/mol. The fourth-order valence-corrected chi connectivity index (χ4v) is 2.84. The lowest BCUT2D eigenvalue weighted by molar-refractivity contribution is -0.0314. The predicted molar refractivity (Wildman–Crippen MR) is 66.7 cm³/mol. The van der Waals surface area contributed by atoms with E-state index in [0.29, 0.717) is 12.1 Å². The second-order valence-corrected chi connectivity index (χ2v) is 5.41. The van der Waals surface area contributed by atoms with Gasteiger partial charge in [-0.1, -0.05) is 12.8 Å². The maximum atomic E-state index is 5.57. The van der Waals surface area contributed by atoms with E-state index in [1.165, 1.54) is 25.7 Å². The van der Waals surface area contributed by atoms with Gasteiger partial charge in [-0.15, -0.1) is 0 Å². The van der Waals surface area contributed by atoms with Gasteiger partial charge in [0.1, 0.15) is 0 Å². The Labute approximate surface area is 99.5 Å². The van der Waals surface area contributed by atoms with E-state index in [2.05, 4.69) is 24.1 Å². The summed E-state index contributed by atoms with van der Waals surface area (Å²) < 4.78 is 5.57. The molecular formula is C13H26N2O. The van der Waals surface area contributed by atoms with Gasteiger partial charge >= 0.3 is 0 Å². The number of hydrogen-bond donors (Lipinski definition) is 1. The van der Waals surface area contributed by atoms with Crippen molar-refractivity contribution >= 4 is 0 Å². The molecule has 0 aromatic rings. The van der Waals surface area contributed by atoms with Gasteiger partial charge in [0.15, 0.2) is 0 Å². The zero-order valence-electron chi connectivity index (χ0n) is 10.7. The Hall–Kier alpha value is -0.120. The van der Waals surface area contributed by atoms with Crippen LogP contribution in [0.25, 0.3) is 0 Å². The molecule has 2 fully saturated rings. The first-order valence-corrected chi connectivity index (χ1v) is 6.84. The molecule has 0 aromatic carbocycles. The molecule has 3 nitrogen and oxygen atoms in total. The topological polar surface area (TPSA) is 24.5 Å². The molecule has 0 amide bonds. The Bertz CT molecular complexity index is 204. The Balaban J connectivity index is 1.67. The standard InChI is InChI=1S/C13H26N2O/c1-11(9-14-13-5-3-4-6-13)15-7-8-16-12(2)10-15/h11-14H,3-10H2,1-2H3. The molecule has 0 spiro atoms. The minimum absolute atomic E-state index is 0.405. The Morgan fingerprint density at radius 3 is 2.81 bits per heavy atom. The molecule has 2 atom stereocenters. The van der Waals surface area contributed by atoms with Crippen molar-refractivity contribution in [2.75, 3.05) is 26.2 Å². The highest BCUT2D eigenvalue weighted by Gasteiger charge is 2.22. The normalized spacial score (nSPS) is 30.8. The van der Waals surface area contributed by atoms with Crippen LogP contribution < -0.4 is 5.32 Å². The van der Waals surface area contributed by atoms with Gasteiger partial charge in [-0.25, -0.2) is 0 Å². The summed E-state index contributed by atoms with van der Waals surface area (Å²) in [6.07, 6.45) is 6.00. The first-order valence-electron chi connectivity index (χ1n) is 6.84. The lowest BCUT2D eigenvalue weighted by atomic mass is 10.2. The van der Waals surface area contributed by atoms with Crippen molar-refractivity contribution in [1.29, 1.82) is 0 Å². The van der Waals surface area contributed by atoms with Gasteiger partial charge in [0.05, 0.1) is 12.7 Å². The average molecular weight is 226 g/mol. The lowest BCUT2D eigenvalue weighted by Gasteiger charge is -2.36. The van der Waals surface area contributed by atoms with Crippen molar-refractivity contribution in [3.05, 3.63) is 0 Å². The molecule has 1 saturated carbocycles.